The van der Waals surface area contributed by atoms with Crippen molar-refractivity contribution < 1.29 is 0 Å². The molecule has 0 bridgehead atoms. The molecule has 0 atom stereocenters. The lowest BCUT2D eigenvalue weighted by atomic mass is 9.86. The van der Waals surface area contributed by atoms with E-state index in [4.69, 9.17) is 0 Å². The summed E-state index contributed by atoms with van der Waals surface area (Å²) >= 11 is 0. The SMILES string of the molecule is CC(C)(C)c1ccc(-c2ccc3c(c2)cn2ccc(C(C)(C)C)cc32)cc1. The Bertz CT molecular complexity index is 1110. The van der Waals surface area contributed by atoms with Gasteiger partial charge < -0.3 is 4.40 Å². The van der Waals surface area contributed by atoms with Crippen molar-refractivity contribution in [3.05, 3.63) is 78.1 Å². The summed E-state index contributed by atoms with van der Waals surface area (Å²) in [4.78, 5) is 0. The zero-order valence-corrected chi connectivity index (χ0v) is 17.3. The lowest BCUT2D eigenvalue weighted by Gasteiger charge is -2.19. The van der Waals surface area contributed by atoms with E-state index in [0.29, 0.717) is 0 Å². The van der Waals surface area contributed by atoms with Gasteiger partial charge in [0.15, 0.2) is 0 Å². The molecule has 0 unspecified atom stereocenters. The quantitative estimate of drug-likeness (QED) is 0.336. The summed E-state index contributed by atoms with van der Waals surface area (Å²) in [6.07, 6.45) is 4.43. The fourth-order valence-electron chi connectivity index (χ4n) is 3.70. The van der Waals surface area contributed by atoms with Crippen molar-refractivity contribution in [2.75, 3.05) is 0 Å². The van der Waals surface area contributed by atoms with E-state index >= 15 is 0 Å². The van der Waals surface area contributed by atoms with E-state index in [-0.39, 0.29) is 10.8 Å². The molecule has 1 nitrogen and oxygen atoms in total. The third kappa shape index (κ3) is 3.27. The van der Waals surface area contributed by atoms with Gasteiger partial charge in [0.05, 0.1) is 5.52 Å². The van der Waals surface area contributed by atoms with Gasteiger partial charge in [-0.1, -0.05) is 77.9 Å². The van der Waals surface area contributed by atoms with Crippen LogP contribution in [0.2, 0.25) is 0 Å². The lowest BCUT2D eigenvalue weighted by molar-refractivity contribution is 0.590. The molecule has 2 aromatic heterocycles. The molecule has 27 heavy (non-hydrogen) atoms. The average Bonchev–Trinajstić information content (AvgIpc) is 2.97. The van der Waals surface area contributed by atoms with Crippen LogP contribution in [-0.4, -0.2) is 4.40 Å². The second kappa shape index (κ2) is 5.99. The first-order valence-corrected chi connectivity index (χ1v) is 9.79. The number of hydrogen-bond donors (Lipinski definition) is 0. The Morgan fingerprint density at radius 1 is 0.630 bits per heavy atom. The first kappa shape index (κ1) is 17.9. The number of hydrogen-bond acceptors (Lipinski definition) is 0. The summed E-state index contributed by atoms with van der Waals surface area (Å²) < 4.78 is 2.24. The average molecular weight is 356 g/mol. The van der Waals surface area contributed by atoms with Crippen LogP contribution in [0.3, 0.4) is 0 Å². The van der Waals surface area contributed by atoms with Crippen molar-refractivity contribution in [3.63, 3.8) is 0 Å². The number of nitrogens with zero attached hydrogens (tertiary/aromatic N) is 1. The molecule has 0 aliphatic heterocycles. The number of pyridine rings is 1. The maximum absolute atomic E-state index is 2.33. The Balaban J connectivity index is 1.80. The normalized spacial score (nSPS) is 12.8. The van der Waals surface area contributed by atoms with Gasteiger partial charge in [-0.2, -0.15) is 0 Å². The zero-order valence-electron chi connectivity index (χ0n) is 17.3. The second-order valence-electron chi connectivity index (χ2n) is 9.72. The third-order valence-electron chi connectivity index (χ3n) is 5.54. The molecule has 4 rings (SSSR count). The number of fused-ring (bicyclic) bond motifs is 3. The molecule has 0 fully saturated rings. The van der Waals surface area contributed by atoms with Crippen LogP contribution in [0.1, 0.15) is 52.7 Å². The topological polar surface area (TPSA) is 4.41 Å². The molecule has 2 heterocycles. The van der Waals surface area contributed by atoms with E-state index in [9.17, 15) is 0 Å². The Morgan fingerprint density at radius 3 is 1.89 bits per heavy atom. The highest BCUT2D eigenvalue weighted by molar-refractivity contribution is 5.99. The molecule has 0 aliphatic carbocycles. The Hall–Kier alpha value is -2.54. The Morgan fingerprint density at radius 2 is 1.26 bits per heavy atom. The molecule has 1 heteroatoms. The lowest BCUT2D eigenvalue weighted by Crippen LogP contribution is -2.11. The van der Waals surface area contributed by atoms with E-state index in [0.717, 1.165) is 0 Å². The Kier molecular flexibility index (Phi) is 3.96. The molecule has 0 saturated carbocycles. The highest BCUT2D eigenvalue weighted by Gasteiger charge is 2.16. The van der Waals surface area contributed by atoms with Gasteiger partial charge in [0.2, 0.25) is 0 Å². The first-order chi connectivity index (χ1) is 12.6. The van der Waals surface area contributed by atoms with Crippen LogP contribution in [0.15, 0.2) is 67.0 Å². The summed E-state index contributed by atoms with van der Waals surface area (Å²) in [6, 6.07) is 20.4. The highest BCUT2D eigenvalue weighted by Crippen LogP contribution is 2.32. The predicted octanol–water partition coefficient (Wildman–Crippen LogP) is 7.35. The standard InChI is InChI=1S/C26H29N/c1-25(2,3)21-10-7-18(8-11-21)19-9-12-23-20(15-19)17-27-14-13-22(16-24(23)27)26(4,5)6/h7-17H,1-6H3. The van der Waals surface area contributed by atoms with Crippen molar-refractivity contribution in [3.8, 4) is 11.1 Å². The monoisotopic (exact) mass is 355 g/mol. The minimum absolute atomic E-state index is 0.160. The minimum Gasteiger partial charge on any atom is -0.323 e. The van der Waals surface area contributed by atoms with E-state index in [1.54, 1.807) is 0 Å². The van der Waals surface area contributed by atoms with Gasteiger partial charge in [0.25, 0.3) is 0 Å². The summed E-state index contributed by atoms with van der Waals surface area (Å²) in [5.41, 5.74) is 6.92. The third-order valence-corrected chi connectivity index (χ3v) is 5.54. The van der Waals surface area contributed by atoms with Crippen molar-refractivity contribution in [2.24, 2.45) is 0 Å². The van der Waals surface area contributed by atoms with E-state index in [1.165, 1.54) is 38.5 Å². The predicted molar refractivity (Wildman–Crippen MR) is 118 cm³/mol. The molecule has 4 aromatic rings. The van der Waals surface area contributed by atoms with Gasteiger partial charge in [-0.05, 0) is 51.3 Å². The molecule has 0 saturated heterocycles. The smallest absolute Gasteiger partial charge is 0.0531 e. The molecule has 0 amide bonds. The number of rotatable bonds is 1. The van der Waals surface area contributed by atoms with E-state index in [1.807, 2.05) is 0 Å². The van der Waals surface area contributed by atoms with Gasteiger partial charge in [0, 0.05) is 23.2 Å². The van der Waals surface area contributed by atoms with Gasteiger partial charge >= 0.3 is 0 Å². The van der Waals surface area contributed by atoms with Crippen LogP contribution >= 0.6 is 0 Å². The maximum Gasteiger partial charge on any atom is 0.0531 e. The molecule has 0 spiro atoms. The van der Waals surface area contributed by atoms with Gasteiger partial charge in [0.1, 0.15) is 0 Å². The van der Waals surface area contributed by atoms with Crippen molar-refractivity contribution in [1.82, 2.24) is 4.40 Å². The molecule has 0 aliphatic rings. The second-order valence-corrected chi connectivity index (χ2v) is 9.72. The Labute approximate surface area is 162 Å². The maximum atomic E-state index is 2.33. The fourth-order valence-corrected chi connectivity index (χ4v) is 3.70. The van der Waals surface area contributed by atoms with Crippen LogP contribution in [0, 0.1) is 0 Å². The molecule has 138 valence electrons. The summed E-state index contributed by atoms with van der Waals surface area (Å²) in [6.45, 7) is 13.6. The highest BCUT2D eigenvalue weighted by atomic mass is 14.9. The zero-order chi connectivity index (χ0) is 19.4. The molecular formula is C26H29N. The van der Waals surface area contributed by atoms with Crippen LogP contribution < -0.4 is 0 Å². The summed E-state index contributed by atoms with van der Waals surface area (Å²) in [5, 5.41) is 2.61. The largest absolute Gasteiger partial charge is 0.323 e. The number of aromatic nitrogens is 1. The van der Waals surface area contributed by atoms with Gasteiger partial charge in [-0.3, -0.25) is 0 Å². The number of benzene rings is 2. The van der Waals surface area contributed by atoms with Crippen LogP contribution in [0.4, 0.5) is 0 Å². The summed E-state index contributed by atoms with van der Waals surface area (Å²) in [5.74, 6) is 0. The molecule has 0 radical (unpaired) electrons. The fraction of sp³-hybridized carbons (Fsp3) is 0.308. The van der Waals surface area contributed by atoms with Gasteiger partial charge in [-0.15, -0.1) is 0 Å². The van der Waals surface area contributed by atoms with Crippen molar-refractivity contribution >= 4 is 16.3 Å². The molecule has 0 N–H and O–H groups in total. The molecular weight excluding hydrogens is 326 g/mol. The van der Waals surface area contributed by atoms with Gasteiger partial charge in [-0.25, -0.2) is 0 Å². The van der Waals surface area contributed by atoms with Crippen LogP contribution in [0.5, 0.6) is 0 Å². The van der Waals surface area contributed by atoms with E-state index in [2.05, 4.69) is 113 Å². The van der Waals surface area contributed by atoms with Crippen LogP contribution in [-0.2, 0) is 10.8 Å². The summed E-state index contributed by atoms with van der Waals surface area (Å²) in [7, 11) is 0. The minimum atomic E-state index is 0.160. The van der Waals surface area contributed by atoms with Crippen LogP contribution in [0.25, 0.3) is 27.4 Å². The first-order valence-electron chi connectivity index (χ1n) is 9.79. The van der Waals surface area contributed by atoms with Crippen molar-refractivity contribution in [1.29, 1.82) is 0 Å². The van der Waals surface area contributed by atoms with Crippen molar-refractivity contribution in [2.45, 2.75) is 52.4 Å². The molecule has 2 aromatic carbocycles. The van der Waals surface area contributed by atoms with E-state index < -0.39 is 0 Å².